The molecule has 100 valence electrons. The van der Waals surface area contributed by atoms with Crippen LogP contribution in [0.5, 0.6) is 0 Å². The molecule has 1 fully saturated rings. The molecule has 0 N–H and O–H groups in total. The third kappa shape index (κ3) is 2.41. The Morgan fingerprint density at radius 3 is 2.95 bits per heavy atom. The lowest BCUT2D eigenvalue weighted by atomic mass is 10.1. The van der Waals surface area contributed by atoms with Crippen molar-refractivity contribution in [3.8, 4) is 11.4 Å². The van der Waals surface area contributed by atoms with Gasteiger partial charge < -0.3 is 14.0 Å². The van der Waals surface area contributed by atoms with Crippen LogP contribution in [0.15, 0.2) is 42.7 Å². The summed E-state index contributed by atoms with van der Waals surface area (Å²) in [5.74, 6) is 0.971. The number of rotatable bonds is 3. The summed E-state index contributed by atoms with van der Waals surface area (Å²) in [6.07, 6.45) is 4.95. The molecule has 19 heavy (non-hydrogen) atoms. The molecule has 0 radical (unpaired) electrons. The number of hydrogen-bond donors (Lipinski definition) is 0. The molecule has 0 spiro atoms. The van der Waals surface area contributed by atoms with Crippen molar-refractivity contribution in [1.82, 2.24) is 9.55 Å². The van der Waals surface area contributed by atoms with Gasteiger partial charge in [0.05, 0.1) is 18.8 Å². The van der Waals surface area contributed by atoms with Gasteiger partial charge in [0.25, 0.3) is 0 Å². The van der Waals surface area contributed by atoms with Crippen molar-refractivity contribution in [2.24, 2.45) is 0 Å². The van der Waals surface area contributed by atoms with Crippen molar-refractivity contribution in [1.29, 1.82) is 0 Å². The van der Waals surface area contributed by atoms with E-state index in [9.17, 15) is 0 Å². The minimum Gasteiger partial charge on any atom is -0.379 e. The standard InChI is InChI=1S/C15H18N2O2/c1-18-14-7-10-19-11-13(14)17-9-8-16-15(17)12-5-3-2-4-6-12/h2-6,8-9,13-14H,7,10-11H2,1H3/t13-,14-/m1/s1. The third-order valence-corrected chi connectivity index (χ3v) is 3.63. The number of methoxy groups -OCH3 is 1. The normalized spacial score (nSPS) is 23.4. The molecule has 0 unspecified atom stereocenters. The molecular weight excluding hydrogens is 240 g/mol. The first kappa shape index (κ1) is 12.4. The fourth-order valence-electron chi connectivity index (χ4n) is 2.63. The predicted octanol–water partition coefficient (Wildman–Crippen LogP) is 2.53. The van der Waals surface area contributed by atoms with Gasteiger partial charge in [-0.05, 0) is 6.42 Å². The fourth-order valence-corrected chi connectivity index (χ4v) is 2.63. The number of aromatic nitrogens is 2. The van der Waals surface area contributed by atoms with Crippen LogP contribution >= 0.6 is 0 Å². The Balaban J connectivity index is 1.95. The van der Waals surface area contributed by atoms with Gasteiger partial charge in [0.1, 0.15) is 5.82 Å². The Morgan fingerprint density at radius 1 is 1.32 bits per heavy atom. The van der Waals surface area contributed by atoms with Crippen LogP contribution in [-0.4, -0.2) is 36.0 Å². The van der Waals surface area contributed by atoms with Crippen molar-refractivity contribution in [2.75, 3.05) is 20.3 Å². The van der Waals surface area contributed by atoms with E-state index in [0.29, 0.717) is 6.61 Å². The molecule has 1 saturated heterocycles. The molecule has 4 heteroatoms. The second-order valence-corrected chi connectivity index (χ2v) is 4.73. The van der Waals surface area contributed by atoms with Gasteiger partial charge in [0.15, 0.2) is 0 Å². The van der Waals surface area contributed by atoms with Crippen molar-refractivity contribution in [2.45, 2.75) is 18.6 Å². The smallest absolute Gasteiger partial charge is 0.140 e. The van der Waals surface area contributed by atoms with Crippen LogP contribution in [-0.2, 0) is 9.47 Å². The maximum Gasteiger partial charge on any atom is 0.140 e. The van der Waals surface area contributed by atoms with Gasteiger partial charge in [0.2, 0.25) is 0 Å². The quantitative estimate of drug-likeness (QED) is 0.848. The van der Waals surface area contributed by atoms with Crippen molar-refractivity contribution < 1.29 is 9.47 Å². The number of nitrogens with zero attached hydrogens (tertiary/aromatic N) is 2. The van der Waals surface area contributed by atoms with Crippen LogP contribution < -0.4 is 0 Å². The van der Waals surface area contributed by atoms with Gasteiger partial charge >= 0.3 is 0 Å². The highest BCUT2D eigenvalue weighted by Gasteiger charge is 2.28. The van der Waals surface area contributed by atoms with E-state index >= 15 is 0 Å². The summed E-state index contributed by atoms with van der Waals surface area (Å²) in [5.41, 5.74) is 1.12. The van der Waals surface area contributed by atoms with Crippen LogP contribution in [0.25, 0.3) is 11.4 Å². The number of imidazole rings is 1. The van der Waals surface area contributed by atoms with Crippen LogP contribution in [0, 0.1) is 0 Å². The summed E-state index contributed by atoms with van der Waals surface area (Å²) in [7, 11) is 1.77. The zero-order chi connectivity index (χ0) is 13.1. The van der Waals surface area contributed by atoms with Crippen LogP contribution in [0.1, 0.15) is 12.5 Å². The van der Waals surface area contributed by atoms with Gasteiger partial charge in [0, 0.05) is 31.7 Å². The number of ether oxygens (including phenoxy) is 2. The van der Waals surface area contributed by atoms with E-state index in [-0.39, 0.29) is 12.1 Å². The molecular formula is C15H18N2O2. The van der Waals surface area contributed by atoms with Gasteiger partial charge in [-0.1, -0.05) is 30.3 Å². The molecule has 2 atom stereocenters. The van der Waals surface area contributed by atoms with Gasteiger partial charge in [-0.15, -0.1) is 0 Å². The van der Waals surface area contributed by atoms with E-state index in [1.165, 1.54) is 0 Å². The molecule has 1 aliphatic rings. The van der Waals surface area contributed by atoms with E-state index in [4.69, 9.17) is 9.47 Å². The summed E-state index contributed by atoms with van der Waals surface area (Å²) in [6, 6.07) is 10.4. The Bertz CT molecular complexity index is 524. The lowest BCUT2D eigenvalue weighted by molar-refractivity contribution is -0.0492. The molecule has 3 rings (SSSR count). The van der Waals surface area contributed by atoms with E-state index in [1.807, 2.05) is 30.6 Å². The summed E-state index contributed by atoms with van der Waals surface area (Å²) >= 11 is 0. The largest absolute Gasteiger partial charge is 0.379 e. The average Bonchev–Trinajstić information content (AvgIpc) is 2.97. The molecule has 0 aliphatic carbocycles. The molecule has 0 amide bonds. The zero-order valence-corrected chi connectivity index (χ0v) is 11.0. The molecule has 2 aromatic rings. The maximum absolute atomic E-state index is 5.60. The minimum absolute atomic E-state index is 0.186. The maximum atomic E-state index is 5.60. The monoisotopic (exact) mass is 258 g/mol. The Kier molecular flexibility index (Phi) is 3.62. The Morgan fingerprint density at radius 2 is 2.16 bits per heavy atom. The Hall–Kier alpha value is -1.65. The summed E-state index contributed by atoms with van der Waals surface area (Å²) < 4.78 is 13.4. The number of benzene rings is 1. The number of hydrogen-bond acceptors (Lipinski definition) is 3. The van der Waals surface area contributed by atoms with Crippen molar-refractivity contribution in [3.63, 3.8) is 0 Å². The summed E-state index contributed by atoms with van der Waals surface area (Å²) in [5, 5.41) is 0. The second-order valence-electron chi connectivity index (χ2n) is 4.73. The molecule has 1 aromatic heterocycles. The first-order valence-electron chi connectivity index (χ1n) is 6.59. The second kappa shape index (κ2) is 5.55. The molecule has 2 heterocycles. The van der Waals surface area contributed by atoms with E-state index in [2.05, 4.69) is 21.7 Å². The summed E-state index contributed by atoms with van der Waals surface area (Å²) in [4.78, 5) is 4.48. The van der Waals surface area contributed by atoms with E-state index < -0.39 is 0 Å². The molecule has 4 nitrogen and oxygen atoms in total. The lowest BCUT2D eigenvalue weighted by Crippen LogP contribution is -2.35. The van der Waals surface area contributed by atoms with Crippen LogP contribution in [0.2, 0.25) is 0 Å². The van der Waals surface area contributed by atoms with Gasteiger partial charge in [-0.25, -0.2) is 4.98 Å². The molecule has 0 bridgehead atoms. The zero-order valence-electron chi connectivity index (χ0n) is 11.0. The Labute approximate surface area is 113 Å². The third-order valence-electron chi connectivity index (χ3n) is 3.63. The first-order valence-corrected chi connectivity index (χ1v) is 6.59. The highest BCUT2D eigenvalue weighted by molar-refractivity contribution is 5.55. The van der Waals surface area contributed by atoms with Crippen LogP contribution in [0.4, 0.5) is 0 Å². The topological polar surface area (TPSA) is 36.3 Å². The molecule has 0 saturated carbocycles. The van der Waals surface area contributed by atoms with Crippen LogP contribution in [0.3, 0.4) is 0 Å². The fraction of sp³-hybridized carbons (Fsp3) is 0.400. The first-order chi connectivity index (χ1) is 9.40. The minimum atomic E-state index is 0.186. The summed E-state index contributed by atoms with van der Waals surface area (Å²) in [6.45, 7) is 1.44. The average molecular weight is 258 g/mol. The van der Waals surface area contributed by atoms with Crippen molar-refractivity contribution >= 4 is 0 Å². The predicted molar refractivity (Wildman–Crippen MR) is 72.9 cm³/mol. The molecule has 1 aliphatic heterocycles. The van der Waals surface area contributed by atoms with Crippen molar-refractivity contribution in [3.05, 3.63) is 42.7 Å². The van der Waals surface area contributed by atoms with E-state index in [1.54, 1.807) is 7.11 Å². The molecule has 1 aromatic carbocycles. The van der Waals surface area contributed by atoms with E-state index in [0.717, 1.165) is 24.4 Å². The highest BCUT2D eigenvalue weighted by atomic mass is 16.5. The SMILES string of the molecule is CO[C@@H]1CCOC[C@H]1n1ccnc1-c1ccccc1. The van der Waals surface area contributed by atoms with Gasteiger partial charge in [-0.2, -0.15) is 0 Å². The van der Waals surface area contributed by atoms with Gasteiger partial charge in [-0.3, -0.25) is 0 Å². The highest BCUT2D eigenvalue weighted by Crippen LogP contribution is 2.27. The lowest BCUT2D eigenvalue weighted by Gasteiger charge is -2.32.